The molecule has 3 rings (SSSR count). The van der Waals surface area contributed by atoms with E-state index in [0.29, 0.717) is 45.6 Å². The molecule has 0 spiro atoms. The summed E-state index contributed by atoms with van der Waals surface area (Å²) in [6, 6.07) is 5.62. The highest BCUT2D eigenvalue weighted by Crippen LogP contribution is 2.24. The Morgan fingerprint density at radius 3 is 2.60 bits per heavy atom. The number of amides is 4. The van der Waals surface area contributed by atoms with Gasteiger partial charge in [-0.3, -0.25) is 9.59 Å². The van der Waals surface area contributed by atoms with Crippen LogP contribution in [0.2, 0.25) is 0 Å². The van der Waals surface area contributed by atoms with Gasteiger partial charge in [-0.2, -0.15) is 0 Å². The molecule has 2 aliphatic heterocycles. The van der Waals surface area contributed by atoms with Gasteiger partial charge in [0.05, 0.1) is 12.8 Å². The lowest BCUT2D eigenvalue weighted by atomic mass is 10.1. The summed E-state index contributed by atoms with van der Waals surface area (Å²) < 4.78 is 0. The molecule has 134 valence electrons. The number of benzene rings is 1. The van der Waals surface area contributed by atoms with Crippen LogP contribution < -0.4 is 10.6 Å². The molecule has 4 amide bonds. The molecular formula is C18H24N4O3. The average molecular weight is 344 g/mol. The summed E-state index contributed by atoms with van der Waals surface area (Å²) in [5.74, 6) is 0.0572. The van der Waals surface area contributed by atoms with Crippen LogP contribution in [-0.2, 0) is 22.4 Å². The number of nitrogens with one attached hydrogen (secondary N) is 2. The number of anilines is 1. The van der Waals surface area contributed by atoms with Crippen LogP contribution in [0.4, 0.5) is 10.5 Å². The van der Waals surface area contributed by atoms with E-state index in [-0.39, 0.29) is 17.8 Å². The Kier molecular flexibility index (Phi) is 5.21. The number of hydrogen-bond acceptors (Lipinski definition) is 3. The van der Waals surface area contributed by atoms with Crippen molar-refractivity contribution in [1.29, 1.82) is 0 Å². The third kappa shape index (κ3) is 4.10. The van der Waals surface area contributed by atoms with Gasteiger partial charge >= 0.3 is 6.03 Å². The van der Waals surface area contributed by atoms with E-state index in [4.69, 9.17) is 0 Å². The fourth-order valence-electron chi connectivity index (χ4n) is 3.18. The van der Waals surface area contributed by atoms with Crippen molar-refractivity contribution in [2.24, 2.45) is 0 Å². The molecule has 2 aliphatic rings. The monoisotopic (exact) mass is 344 g/mol. The lowest BCUT2D eigenvalue weighted by Gasteiger charge is -2.34. The molecule has 25 heavy (non-hydrogen) atoms. The lowest BCUT2D eigenvalue weighted by molar-refractivity contribution is -0.131. The predicted octanol–water partition coefficient (Wildman–Crippen LogP) is 0.987. The van der Waals surface area contributed by atoms with Gasteiger partial charge in [0.1, 0.15) is 0 Å². The Hall–Kier alpha value is -2.57. The van der Waals surface area contributed by atoms with Gasteiger partial charge in [-0.15, -0.1) is 0 Å². The van der Waals surface area contributed by atoms with E-state index in [2.05, 4.69) is 10.6 Å². The largest absolute Gasteiger partial charge is 0.339 e. The van der Waals surface area contributed by atoms with Crippen LogP contribution in [-0.4, -0.2) is 60.4 Å². The lowest BCUT2D eigenvalue weighted by Crippen LogP contribution is -2.53. The molecule has 0 aromatic heterocycles. The minimum atomic E-state index is -0.0512. The highest BCUT2D eigenvalue weighted by Gasteiger charge is 2.24. The first-order valence-electron chi connectivity index (χ1n) is 8.79. The van der Waals surface area contributed by atoms with Gasteiger partial charge in [-0.05, 0) is 23.6 Å². The first kappa shape index (κ1) is 17.3. The summed E-state index contributed by atoms with van der Waals surface area (Å²) in [7, 11) is 0. The number of carbonyl (C=O) groups excluding carboxylic acids is 3. The van der Waals surface area contributed by atoms with Crippen molar-refractivity contribution in [3.05, 3.63) is 29.3 Å². The number of piperazine rings is 1. The van der Waals surface area contributed by atoms with Crippen LogP contribution in [0.15, 0.2) is 18.2 Å². The molecule has 0 radical (unpaired) electrons. The fourth-order valence-corrected chi connectivity index (χ4v) is 3.18. The number of fused-ring (bicyclic) bond motifs is 1. The maximum atomic E-state index is 12.5. The molecule has 1 fully saturated rings. The number of nitrogens with zero attached hydrogens (tertiary/aromatic N) is 2. The van der Waals surface area contributed by atoms with Crippen LogP contribution in [0.25, 0.3) is 0 Å². The van der Waals surface area contributed by atoms with Crippen LogP contribution >= 0.6 is 0 Å². The molecule has 2 heterocycles. The standard InChI is InChI=1S/C18H24N4O3/c1-2-5-19-18(25)22-8-6-21(7-9-22)17(24)11-13-3-4-15-14(10-13)12-16(23)20-15/h3-4,10H,2,5-9,11-12H2,1H3,(H,19,25)(H,20,23). The zero-order valence-corrected chi connectivity index (χ0v) is 14.5. The summed E-state index contributed by atoms with van der Waals surface area (Å²) in [5, 5.41) is 5.66. The first-order chi connectivity index (χ1) is 12.1. The van der Waals surface area contributed by atoms with Crippen molar-refractivity contribution >= 4 is 23.5 Å². The predicted molar refractivity (Wildman–Crippen MR) is 94.3 cm³/mol. The molecule has 1 aromatic carbocycles. The van der Waals surface area contributed by atoms with Crippen LogP contribution in [0.5, 0.6) is 0 Å². The molecule has 7 heteroatoms. The van der Waals surface area contributed by atoms with Gasteiger partial charge in [-0.25, -0.2) is 4.79 Å². The zero-order valence-electron chi connectivity index (χ0n) is 14.5. The zero-order chi connectivity index (χ0) is 17.8. The first-order valence-corrected chi connectivity index (χ1v) is 8.79. The molecule has 1 saturated heterocycles. The van der Waals surface area contributed by atoms with E-state index in [1.54, 1.807) is 9.80 Å². The van der Waals surface area contributed by atoms with Gasteiger partial charge in [0.15, 0.2) is 0 Å². The van der Waals surface area contributed by atoms with Crippen LogP contribution in [0, 0.1) is 0 Å². The number of hydrogen-bond donors (Lipinski definition) is 2. The van der Waals surface area contributed by atoms with Crippen molar-refractivity contribution < 1.29 is 14.4 Å². The maximum Gasteiger partial charge on any atom is 0.317 e. The van der Waals surface area contributed by atoms with E-state index in [1.165, 1.54) is 0 Å². The Morgan fingerprint density at radius 2 is 1.88 bits per heavy atom. The Labute approximate surface area is 147 Å². The van der Waals surface area contributed by atoms with Gasteiger partial charge in [0.2, 0.25) is 11.8 Å². The van der Waals surface area contributed by atoms with Crippen molar-refractivity contribution in [1.82, 2.24) is 15.1 Å². The van der Waals surface area contributed by atoms with Crippen molar-refractivity contribution in [3.8, 4) is 0 Å². The maximum absolute atomic E-state index is 12.5. The highest BCUT2D eigenvalue weighted by atomic mass is 16.2. The molecule has 0 aliphatic carbocycles. The number of carbonyl (C=O) groups is 3. The molecule has 1 aromatic rings. The van der Waals surface area contributed by atoms with Gasteiger partial charge in [-0.1, -0.05) is 19.1 Å². The Balaban J connectivity index is 1.51. The Bertz CT molecular complexity index is 681. The summed E-state index contributed by atoms with van der Waals surface area (Å²) >= 11 is 0. The molecule has 0 atom stereocenters. The van der Waals surface area contributed by atoms with E-state index in [0.717, 1.165) is 23.2 Å². The van der Waals surface area contributed by atoms with Gasteiger partial charge in [0, 0.05) is 38.4 Å². The molecule has 0 bridgehead atoms. The minimum absolute atomic E-state index is 0.00375. The number of urea groups is 1. The van der Waals surface area contributed by atoms with Crippen molar-refractivity contribution in [3.63, 3.8) is 0 Å². The van der Waals surface area contributed by atoms with Crippen molar-refractivity contribution in [2.45, 2.75) is 26.2 Å². The van der Waals surface area contributed by atoms with Crippen molar-refractivity contribution in [2.75, 3.05) is 38.0 Å². The van der Waals surface area contributed by atoms with Crippen LogP contribution in [0.3, 0.4) is 0 Å². The molecule has 0 unspecified atom stereocenters. The topological polar surface area (TPSA) is 81.8 Å². The van der Waals surface area contributed by atoms with E-state index < -0.39 is 0 Å². The summed E-state index contributed by atoms with van der Waals surface area (Å²) in [6.45, 7) is 4.93. The van der Waals surface area contributed by atoms with Crippen LogP contribution in [0.1, 0.15) is 24.5 Å². The highest BCUT2D eigenvalue weighted by molar-refractivity contribution is 5.99. The summed E-state index contributed by atoms with van der Waals surface area (Å²) in [5.41, 5.74) is 2.71. The second kappa shape index (κ2) is 7.55. The molecular weight excluding hydrogens is 320 g/mol. The smallest absolute Gasteiger partial charge is 0.317 e. The van der Waals surface area contributed by atoms with Gasteiger partial charge < -0.3 is 20.4 Å². The van der Waals surface area contributed by atoms with Gasteiger partial charge in [0.25, 0.3) is 0 Å². The Morgan fingerprint density at radius 1 is 1.16 bits per heavy atom. The number of rotatable bonds is 4. The average Bonchev–Trinajstić information content (AvgIpc) is 2.99. The molecule has 2 N–H and O–H groups in total. The quantitative estimate of drug-likeness (QED) is 0.854. The van der Waals surface area contributed by atoms with E-state index >= 15 is 0 Å². The SMILES string of the molecule is CCCNC(=O)N1CCN(C(=O)Cc2ccc3c(c2)CC(=O)N3)CC1. The third-order valence-electron chi connectivity index (χ3n) is 4.60. The van der Waals surface area contributed by atoms with E-state index in [1.807, 2.05) is 25.1 Å². The molecule has 7 nitrogen and oxygen atoms in total. The summed E-state index contributed by atoms with van der Waals surface area (Å²) in [4.78, 5) is 39.4. The van der Waals surface area contributed by atoms with E-state index in [9.17, 15) is 14.4 Å². The second-order valence-corrected chi connectivity index (χ2v) is 6.49. The third-order valence-corrected chi connectivity index (χ3v) is 4.60. The fraction of sp³-hybridized carbons (Fsp3) is 0.500. The minimum Gasteiger partial charge on any atom is -0.339 e. The normalized spacial score (nSPS) is 16.4. The summed E-state index contributed by atoms with van der Waals surface area (Å²) in [6.07, 6.45) is 1.61. The second-order valence-electron chi connectivity index (χ2n) is 6.49. The molecule has 0 saturated carbocycles.